The zero-order chi connectivity index (χ0) is 30.5. The minimum atomic E-state index is -1.81. The van der Waals surface area contributed by atoms with Crippen LogP contribution in [-0.4, -0.2) is 74.3 Å². The van der Waals surface area contributed by atoms with Crippen LogP contribution in [0.1, 0.15) is 63.4 Å². The van der Waals surface area contributed by atoms with Crippen molar-refractivity contribution in [1.29, 1.82) is 0 Å². The second-order valence-electron chi connectivity index (χ2n) is 12.4. The molecule has 1 aliphatic heterocycles. The number of benzene rings is 1. The molecule has 10 nitrogen and oxygen atoms in total. The van der Waals surface area contributed by atoms with Crippen LogP contribution in [0.25, 0.3) is 6.08 Å². The number of aromatic nitrogens is 1. The summed E-state index contributed by atoms with van der Waals surface area (Å²) in [5, 5.41) is 23.6. The number of hydrogen-bond donors (Lipinski definition) is 2. The molecule has 2 N–H and O–H groups in total. The number of nitrogens with zero attached hydrogens (tertiary/aromatic N) is 1. The van der Waals surface area contributed by atoms with Gasteiger partial charge in [-0.3, -0.25) is 9.78 Å². The SMILES string of the molecule is CC(=O)O[C@H]1C[C@@H]2[C@@H](OC(=O)c3cccnc3)[C@@]3(OC2(C)C)[C@@]1(C)[C@@H](OC(=O)C=Cc1ccccc1)[C@H](O)C[C@]3(C)O. The number of carbonyl (C=O) groups excluding carboxylic acids is 3. The molecule has 2 heterocycles. The quantitative estimate of drug-likeness (QED) is 0.298. The Morgan fingerprint density at radius 2 is 1.71 bits per heavy atom. The van der Waals surface area contributed by atoms with Crippen molar-refractivity contribution in [3.8, 4) is 0 Å². The second-order valence-corrected chi connectivity index (χ2v) is 12.4. The number of fused-ring (bicyclic) bond motifs is 1. The van der Waals surface area contributed by atoms with Crippen LogP contribution < -0.4 is 0 Å². The zero-order valence-electron chi connectivity index (χ0n) is 24.4. The smallest absolute Gasteiger partial charge is 0.340 e. The van der Waals surface area contributed by atoms with Gasteiger partial charge in [-0.25, -0.2) is 9.59 Å². The first-order valence-electron chi connectivity index (χ1n) is 14.1. The van der Waals surface area contributed by atoms with Crippen LogP contribution in [0.5, 0.6) is 0 Å². The van der Waals surface area contributed by atoms with Crippen molar-refractivity contribution >= 4 is 24.0 Å². The van der Waals surface area contributed by atoms with Crippen molar-refractivity contribution in [2.75, 3.05) is 0 Å². The summed E-state index contributed by atoms with van der Waals surface area (Å²) in [7, 11) is 0. The van der Waals surface area contributed by atoms with Gasteiger partial charge in [0.2, 0.25) is 0 Å². The topological polar surface area (TPSA) is 141 Å². The number of rotatable bonds is 6. The summed E-state index contributed by atoms with van der Waals surface area (Å²) in [5.74, 6) is -2.53. The van der Waals surface area contributed by atoms with E-state index < -0.39 is 70.5 Å². The Bertz CT molecular complexity index is 1370. The zero-order valence-corrected chi connectivity index (χ0v) is 24.4. The molecule has 10 heteroatoms. The molecule has 3 fully saturated rings. The number of esters is 3. The van der Waals surface area contributed by atoms with Crippen LogP contribution in [0.15, 0.2) is 60.9 Å². The van der Waals surface area contributed by atoms with Gasteiger partial charge in [0.05, 0.1) is 28.3 Å². The maximum Gasteiger partial charge on any atom is 0.340 e. The Kier molecular flexibility index (Phi) is 7.53. The molecule has 5 rings (SSSR count). The molecule has 1 saturated heterocycles. The van der Waals surface area contributed by atoms with Gasteiger partial charge in [0.15, 0.2) is 0 Å². The van der Waals surface area contributed by atoms with Crippen LogP contribution in [0.2, 0.25) is 0 Å². The third kappa shape index (κ3) is 4.71. The summed E-state index contributed by atoms with van der Waals surface area (Å²) in [5.41, 5.74) is -5.11. The summed E-state index contributed by atoms with van der Waals surface area (Å²) < 4.78 is 24.7. The van der Waals surface area contributed by atoms with Gasteiger partial charge < -0.3 is 29.2 Å². The molecule has 224 valence electrons. The first-order chi connectivity index (χ1) is 19.7. The van der Waals surface area contributed by atoms with Crippen molar-refractivity contribution in [3.63, 3.8) is 0 Å². The average molecular weight is 580 g/mol. The lowest BCUT2D eigenvalue weighted by atomic mass is 9.47. The lowest BCUT2D eigenvalue weighted by molar-refractivity contribution is -0.343. The largest absolute Gasteiger partial charge is 0.462 e. The van der Waals surface area contributed by atoms with Crippen molar-refractivity contribution in [2.24, 2.45) is 11.3 Å². The van der Waals surface area contributed by atoms with Crippen molar-refractivity contribution in [2.45, 2.75) is 88.7 Å². The van der Waals surface area contributed by atoms with E-state index in [9.17, 15) is 24.6 Å². The van der Waals surface area contributed by atoms with E-state index in [0.29, 0.717) is 0 Å². The van der Waals surface area contributed by atoms with Crippen LogP contribution in [0.4, 0.5) is 0 Å². The van der Waals surface area contributed by atoms with Gasteiger partial charge in [-0.1, -0.05) is 30.3 Å². The molecule has 1 spiro atoms. The van der Waals surface area contributed by atoms with Crippen LogP contribution >= 0.6 is 0 Å². The number of aliphatic hydroxyl groups is 2. The Morgan fingerprint density at radius 1 is 1.00 bits per heavy atom. The van der Waals surface area contributed by atoms with Crippen molar-refractivity contribution < 1.29 is 43.5 Å². The maximum absolute atomic E-state index is 13.4. The Balaban J connectivity index is 1.61. The Labute approximate surface area is 244 Å². The fourth-order valence-electron chi connectivity index (χ4n) is 7.49. The Morgan fingerprint density at radius 3 is 2.36 bits per heavy atom. The van der Waals surface area contributed by atoms with E-state index in [-0.39, 0.29) is 18.4 Å². The van der Waals surface area contributed by atoms with Gasteiger partial charge in [0, 0.05) is 37.7 Å². The molecule has 2 bridgehead atoms. The van der Waals surface area contributed by atoms with E-state index in [1.54, 1.807) is 25.1 Å². The van der Waals surface area contributed by atoms with Gasteiger partial charge in [0.25, 0.3) is 0 Å². The summed E-state index contributed by atoms with van der Waals surface area (Å²) >= 11 is 0. The van der Waals surface area contributed by atoms with E-state index in [0.717, 1.165) is 5.56 Å². The summed E-state index contributed by atoms with van der Waals surface area (Å²) in [4.78, 5) is 43.0. The highest BCUT2D eigenvalue weighted by atomic mass is 16.6. The standard InChI is InChI=1S/C32H37NO9/c1-19(34)39-24-16-22-26(41-28(37)21-12-9-15-33-18-21)32(42-29(22,2)3)30(4,38)17-23(35)27(31(24,32)5)40-25(36)14-13-20-10-7-6-8-11-20/h6-15,18,22-24,26-27,35,38H,16-17H2,1-5H3/t22-,23-,24+,26-,27+,30+,31-,32+/m1/s1. The average Bonchev–Trinajstić information content (AvgIpc) is 3.12. The van der Waals surface area contributed by atoms with Crippen molar-refractivity contribution in [3.05, 3.63) is 72.1 Å². The molecule has 1 aromatic carbocycles. The van der Waals surface area contributed by atoms with E-state index in [4.69, 9.17) is 18.9 Å². The molecule has 0 amide bonds. The third-order valence-corrected chi connectivity index (χ3v) is 9.26. The summed E-state index contributed by atoms with van der Waals surface area (Å²) in [6, 6.07) is 12.3. The Hall–Kier alpha value is -3.60. The molecule has 2 aromatic rings. The molecular formula is C32H37NO9. The highest BCUT2D eigenvalue weighted by Gasteiger charge is 2.84. The summed E-state index contributed by atoms with van der Waals surface area (Å²) in [6.45, 7) is 8.05. The van der Waals surface area contributed by atoms with E-state index >= 15 is 0 Å². The normalized spacial score (nSPS) is 36.6. The molecule has 8 atom stereocenters. The van der Waals surface area contributed by atoms with E-state index in [2.05, 4.69) is 4.98 Å². The van der Waals surface area contributed by atoms with Crippen LogP contribution in [0, 0.1) is 11.3 Å². The number of pyridine rings is 1. The van der Waals surface area contributed by atoms with Crippen molar-refractivity contribution in [1.82, 2.24) is 4.98 Å². The van der Waals surface area contributed by atoms with Gasteiger partial charge >= 0.3 is 17.9 Å². The molecular weight excluding hydrogens is 542 g/mol. The third-order valence-electron chi connectivity index (χ3n) is 9.26. The monoisotopic (exact) mass is 579 g/mol. The van der Waals surface area contributed by atoms with Crippen LogP contribution in [0.3, 0.4) is 0 Å². The lowest BCUT2D eigenvalue weighted by Crippen LogP contribution is -2.81. The maximum atomic E-state index is 13.4. The number of aliphatic hydroxyl groups excluding tert-OH is 1. The summed E-state index contributed by atoms with van der Waals surface area (Å²) in [6.07, 6.45) is 0.955. The van der Waals surface area contributed by atoms with Gasteiger partial charge in [-0.15, -0.1) is 0 Å². The first-order valence-corrected chi connectivity index (χ1v) is 14.1. The fraction of sp³-hybridized carbons (Fsp3) is 0.500. The molecule has 1 aromatic heterocycles. The first kappa shape index (κ1) is 29.9. The van der Waals surface area contributed by atoms with E-state index in [1.165, 1.54) is 32.3 Å². The van der Waals surface area contributed by atoms with Crippen LogP contribution in [-0.2, 0) is 28.5 Å². The molecule has 2 saturated carbocycles. The lowest BCUT2D eigenvalue weighted by Gasteiger charge is -2.65. The fourth-order valence-corrected chi connectivity index (χ4v) is 7.49. The predicted molar refractivity (Wildman–Crippen MR) is 150 cm³/mol. The molecule has 3 aliphatic rings. The number of ether oxygens (including phenoxy) is 4. The predicted octanol–water partition coefficient (Wildman–Crippen LogP) is 3.25. The number of carbonyl (C=O) groups is 3. The molecule has 42 heavy (non-hydrogen) atoms. The highest BCUT2D eigenvalue weighted by molar-refractivity contribution is 5.89. The minimum Gasteiger partial charge on any atom is -0.462 e. The molecule has 0 radical (unpaired) electrons. The highest BCUT2D eigenvalue weighted by Crippen LogP contribution is 2.68. The molecule has 2 aliphatic carbocycles. The van der Waals surface area contributed by atoms with E-state index in [1.807, 2.05) is 44.2 Å². The van der Waals surface area contributed by atoms with Gasteiger partial charge in [0.1, 0.15) is 23.9 Å². The second kappa shape index (κ2) is 10.6. The number of hydrogen-bond acceptors (Lipinski definition) is 10. The minimum absolute atomic E-state index is 0.159. The van der Waals surface area contributed by atoms with Gasteiger partial charge in [-0.05, 0) is 57.9 Å². The molecule has 0 unspecified atom stereocenters. The van der Waals surface area contributed by atoms with Gasteiger partial charge in [-0.2, -0.15) is 0 Å².